The van der Waals surface area contributed by atoms with Crippen molar-refractivity contribution in [1.82, 2.24) is 19.4 Å². The van der Waals surface area contributed by atoms with E-state index in [1.807, 2.05) is 56.3 Å². The van der Waals surface area contributed by atoms with E-state index < -0.39 is 5.56 Å². The molecule has 0 bridgehead atoms. The molecule has 0 saturated carbocycles. The summed E-state index contributed by atoms with van der Waals surface area (Å²) in [6, 6.07) is 16.0. The van der Waals surface area contributed by atoms with Gasteiger partial charge in [0, 0.05) is 53.6 Å². The molecule has 0 fully saturated rings. The average Bonchev–Trinajstić information content (AvgIpc) is 3.12. The Bertz CT molecular complexity index is 2220. The fourth-order valence-electron chi connectivity index (χ4n) is 5.52. The second-order valence-electron chi connectivity index (χ2n) is 12.1. The maximum atomic E-state index is 14.6. The molecule has 2 N–H and O–H groups in total. The summed E-state index contributed by atoms with van der Waals surface area (Å²) in [7, 11) is 6.75. The summed E-state index contributed by atoms with van der Waals surface area (Å²) in [6.45, 7) is 6.23. The Labute approximate surface area is 311 Å². The molecular formula is C39H38Cl2N6O5. The lowest BCUT2D eigenvalue weighted by molar-refractivity contribution is -0.114. The van der Waals surface area contributed by atoms with Crippen LogP contribution in [0.2, 0.25) is 10.0 Å². The number of hydrogen-bond donors (Lipinski definition) is 2. The number of fused-ring (bicyclic) bond motifs is 1. The maximum Gasteiger partial charge on any atom is 0.260 e. The van der Waals surface area contributed by atoms with E-state index in [0.717, 1.165) is 16.7 Å². The van der Waals surface area contributed by atoms with Crippen LogP contribution in [-0.4, -0.2) is 66.0 Å². The number of likely N-dealkylation sites (N-methyl/N-ethyl adjacent to an activating group) is 1. The molecule has 0 aliphatic carbocycles. The first-order valence-corrected chi connectivity index (χ1v) is 16.9. The number of rotatable bonds is 14. The minimum absolute atomic E-state index is 0.0936. The number of pyridine rings is 1. The summed E-state index contributed by atoms with van der Waals surface area (Å²) >= 11 is 13.6. The first kappa shape index (κ1) is 37.8. The van der Waals surface area contributed by atoms with Gasteiger partial charge in [0.2, 0.25) is 11.9 Å². The number of para-hydroxylation sites is 1. The number of benzene rings is 3. The van der Waals surface area contributed by atoms with Crippen LogP contribution < -0.4 is 25.7 Å². The molecular weight excluding hydrogens is 703 g/mol. The van der Waals surface area contributed by atoms with Crippen molar-refractivity contribution in [1.29, 1.82) is 0 Å². The van der Waals surface area contributed by atoms with Crippen LogP contribution in [0.4, 0.5) is 17.3 Å². The third-order valence-corrected chi connectivity index (χ3v) is 8.91. The van der Waals surface area contributed by atoms with Crippen molar-refractivity contribution in [3.63, 3.8) is 0 Å². The number of carbonyl (C=O) groups excluding carboxylic acids is 2. The summed E-state index contributed by atoms with van der Waals surface area (Å²) < 4.78 is 12.5. The van der Waals surface area contributed by atoms with Crippen molar-refractivity contribution < 1.29 is 19.1 Å². The number of amides is 1. The molecule has 268 valence electrons. The molecule has 5 aromatic rings. The van der Waals surface area contributed by atoms with Crippen molar-refractivity contribution >= 4 is 63.2 Å². The van der Waals surface area contributed by atoms with Gasteiger partial charge >= 0.3 is 0 Å². The quantitative estimate of drug-likeness (QED) is 0.113. The van der Waals surface area contributed by atoms with Crippen molar-refractivity contribution in [2.75, 3.05) is 45.5 Å². The largest absolute Gasteiger partial charge is 0.495 e. The molecule has 0 spiro atoms. The van der Waals surface area contributed by atoms with Crippen molar-refractivity contribution in [3.05, 3.63) is 123 Å². The number of allylic oxidation sites excluding steroid dienone is 1. The van der Waals surface area contributed by atoms with E-state index in [1.165, 1.54) is 30.9 Å². The Hall–Kier alpha value is -5.49. The van der Waals surface area contributed by atoms with E-state index in [1.54, 1.807) is 36.5 Å². The standard InChI is InChI=1S/C39H38Cl2N6O5/c1-7-28(48)18-25-11-8-10-23(2)36(25)44-39-42-21-26-19-29(33-34(40)30(51-5)20-31(52-6)35(33)41)38(50)47(37(26)45-39)22-24-13-15-27(16-14-24)43-32(49)12-9-17-46(3)4/h7-16,19-21H,1,17-18,22H2,2-6H3,(H,43,49)(H,42,44,45)/b12-9+. The molecule has 1 amide bonds. The number of hydrogen-bond acceptors (Lipinski definition) is 9. The van der Waals surface area contributed by atoms with Gasteiger partial charge < -0.3 is 25.0 Å². The van der Waals surface area contributed by atoms with Gasteiger partial charge in [0.05, 0.1) is 36.4 Å². The fraction of sp³-hybridized carbons (Fsp3) is 0.205. The Morgan fingerprint density at radius 2 is 1.71 bits per heavy atom. The SMILES string of the molecule is C=CC(=O)Cc1cccc(C)c1Nc1ncc2cc(-c3c(Cl)c(OC)cc(OC)c3Cl)c(=O)n(Cc3ccc(NC(=O)/C=C/CN(C)C)cc3)c2n1. The summed E-state index contributed by atoms with van der Waals surface area (Å²) in [5.74, 6) is 0.382. The Balaban J connectivity index is 1.62. The normalized spacial score (nSPS) is 11.2. The highest BCUT2D eigenvalue weighted by Crippen LogP contribution is 2.45. The molecule has 0 saturated heterocycles. The topological polar surface area (TPSA) is 128 Å². The number of anilines is 3. The summed E-state index contributed by atoms with van der Waals surface area (Å²) in [6.07, 6.45) is 6.28. The predicted octanol–water partition coefficient (Wildman–Crippen LogP) is 7.24. The molecule has 0 atom stereocenters. The van der Waals surface area contributed by atoms with Crippen LogP contribution >= 0.6 is 23.2 Å². The summed E-state index contributed by atoms with van der Waals surface area (Å²) in [5.41, 5.74) is 3.95. The number of aryl methyl sites for hydroxylation is 1. The van der Waals surface area contributed by atoms with Gasteiger partial charge in [0.1, 0.15) is 17.1 Å². The van der Waals surface area contributed by atoms with Gasteiger partial charge in [-0.3, -0.25) is 19.0 Å². The third-order valence-electron chi connectivity index (χ3n) is 8.16. The number of methoxy groups -OCH3 is 2. The van der Waals surface area contributed by atoms with Gasteiger partial charge in [0.15, 0.2) is 5.78 Å². The van der Waals surface area contributed by atoms with Crippen molar-refractivity contribution in [2.45, 2.75) is 19.9 Å². The number of aromatic nitrogens is 3. The lowest BCUT2D eigenvalue weighted by Gasteiger charge is -2.18. The Morgan fingerprint density at radius 1 is 1.02 bits per heavy atom. The van der Waals surface area contributed by atoms with Gasteiger partial charge in [-0.2, -0.15) is 4.98 Å². The highest BCUT2D eigenvalue weighted by Gasteiger charge is 2.24. The molecule has 2 heterocycles. The number of halogens is 2. The number of carbonyl (C=O) groups is 2. The van der Waals surface area contributed by atoms with E-state index >= 15 is 0 Å². The number of nitrogens with one attached hydrogen (secondary N) is 2. The molecule has 0 aliphatic rings. The molecule has 11 nitrogen and oxygen atoms in total. The maximum absolute atomic E-state index is 14.6. The van der Waals surface area contributed by atoms with Crippen molar-refractivity contribution in [3.8, 4) is 22.6 Å². The average molecular weight is 742 g/mol. The second kappa shape index (κ2) is 16.7. The fourth-order valence-corrected chi connectivity index (χ4v) is 6.23. The molecule has 0 aliphatic heterocycles. The second-order valence-corrected chi connectivity index (χ2v) is 12.9. The molecule has 3 aromatic carbocycles. The zero-order chi connectivity index (χ0) is 37.5. The van der Waals surface area contributed by atoms with Crippen molar-refractivity contribution in [2.24, 2.45) is 0 Å². The number of nitrogens with zero attached hydrogens (tertiary/aromatic N) is 4. The third kappa shape index (κ3) is 8.51. The molecule has 0 unspecified atom stereocenters. The van der Waals surface area contributed by atoms with Gasteiger partial charge in [-0.15, -0.1) is 0 Å². The minimum Gasteiger partial charge on any atom is -0.495 e. The van der Waals surface area contributed by atoms with E-state index in [-0.39, 0.29) is 63.3 Å². The molecule has 2 aromatic heterocycles. The van der Waals surface area contributed by atoms with E-state index in [4.69, 9.17) is 37.7 Å². The monoisotopic (exact) mass is 740 g/mol. The van der Waals surface area contributed by atoms with E-state index in [9.17, 15) is 14.4 Å². The van der Waals surface area contributed by atoms with Gasteiger partial charge in [-0.25, -0.2) is 4.98 Å². The van der Waals surface area contributed by atoms with Gasteiger partial charge in [0.25, 0.3) is 5.56 Å². The first-order valence-electron chi connectivity index (χ1n) is 16.2. The van der Waals surface area contributed by atoms with Crippen LogP contribution in [0.25, 0.3) is 22.2 Å². The molecule has 52 heavy (non-hydrogen) atoms. The minimum atomic E-state index is -0.437. The predicted molar refractivity (Wildman–Crippen MR) is 208 cm³/mol. The van der Waals surface area contributed by atoms with Gasteiger partial charge in [-0.1, -0.05) is 66.2 Å². The molecule has 0 radical (unpaired) electrons. The molecule has 5 rings (SSSR count). The zero-order valence-electron chi connectivity index (χ0n) is 29.4. The first-order chi connectivity index (χ1) is 24.9. The van der Waals surface area contributed by atoms with Crippen LogP contribution in [-0.2, 0) is 22.6 Å². The van der Waals surface area contributed by atoms with Crippen LogP contribution in [0.1, 0.15) is 16.7 Å². The van der Waals surface area contributed by atoms with Gasteiger partial charge in [-0.05, 0) is 62.0 Å². The highest BCUT2D eigenvalue weighted by atomic mass is 35.5. The van der Waals surface area contributed by atoms with Crippen LogP contribution in [0.15, 0.2) is 90.4 Å². The Kier molecular flexibility index (Phi) is 12.1. The zero-order valence-corrected chi connectivity index (χ0v) is 30.9. The van der Waals surface area contributed by atoms with E-state index in [2.05, 4.69) is 22.2 Å². The van der Waals surface area contributed by atoms with Crippen LogP contribution in [0.5, 0.6) is 11.5 Å². The number of ketones is 1. The number of ether oxygens (including phenoxy) is 2. The summed E-state index contributed by atoms with van der Waals surface area (Å²) in [5, 5.41) is 6.91. The Morgan fingerprint density at radius 3 is 2.35 bits per heavy atom. The smallest absolute Gasteiger partial charge is 0.260 e. The van der Waals surface area contributed by atoms with Crippen LogP contribution in [0.3, 0.4) is 0 Å². The lowest BCUT2D eigenvalue weighted by Crippen LogP contribution is -2.24. The van der Waals surface area contributed by atoms with Crippen LogP contribution in [0, 0.1) is 6.92 Å². The summed E-state index contributed by atoms with van der Waals surface area (Å²) in [4.78, 5) is 50.6. The molecule has 13 heteroatoms. The lowest BCUT2D eigenvalue weighted by atomic mass is 10.0. The van der Waals surface area contributed by atoms with E-state index in [0.29, 0.717) is 29.0 Å². The highest BCUT2D eigenvalue weighted by molar-refractivity contribution is 6.41.